The van der Waals surface area contributed by atoms with Gasteiger partial charge in [-0.25, -0.2) is 9.37 Å². The van der Waals surface area contributed by atoms with Crippen molar-refractivity contribution in [1.82, 2.24) is 35.5 Å². The number of hydrogen-bond acceptors (Lipinski definition) is 5. The molecule has 7 nitrogen and oxygen atoms in total. The van der Waals surface area contributed by atoms with Gasteiger partial charge in [-0.2, -0.15) is 5.10 Å². The SMILES string of the molecule is Fc1cccc(-c2cncc3[nH]c(-c4[nH]nc5ncc(-c6cncc(CC7CCNCC7)c6)cc45)cc23)c1. The van der Waals surface area contributed by atoms with E-state index >= 15 is 0 Å². The number of fused-ring (bicyclic) bond motifs is 2. The van der Waals surface area contributed by atoms with Gasteiger partial charge < -0.3 is 10.3 Å². The van der Waals surface area contributed by atoms with E-state index in [4.69, 9.17) is 0 Å². The normalized spacial score (nSPS) is 14.4. The molecule has 5 aromatic heterocycles. The summed E-state index contributed by atoms with van der Waals surface area (Å²) in [7, 11) is 0. The van der Waals surface area contributed by atoms with E-state index in [-0.39, 0.29) is 5.82 Å². The lowest BCUT2D eigenvalue weighted by Crippen LogP contribution is -2.28. The van der Waals surface area contributed by atoms with E-state index in [1.807, 2.05) is 24.7 Å². The zero-order valence-corrected chi connectivity index (χ0v) is 20.7. The molecule has 6 aromatic rings. The lowest BCUT2D eigenvalue weighted by Gasteiger charge is -2.22. The van der Waals surface area contributed by atoms with Crippen molar-refractivity contribution >= 4 is 21.9 Å². The summed E-state index contributed by atoms with van der Waals surface area (Å²) >= 11 is 0. The monoisotopic (exact) mass is 503 g/mol. The highest BCUT2D eigenvalue weighted by Crippen LogP contribution is 2.34. The van der Waals surface area contributed by atoms with Gasteiger partial charge in [-0.15, -0.1) is 0 Å². The molecule has 1 aromatic carbocycles. The number of rotatable bonds is 5. The van der Waals surface area contributed by atoms with Crippen LogP contribution in [0.2, 0.25) is 0 Å². The number of H-pyrrole nitrogens is 2. The summed E-state index contributed by atoms with van der Waals surface area (Å²) in [4.78, 5) is 17.0. The van der Waals surface area contributed by atoms with Gasteiger partial charge >= 0.3 is 0 Å². The molecule has 1 aliphatic heterocycles. The van der Waals surface area contributed by atoms with Gasteiger partial charge in [-0.1, -0.05) is 12.1 Å². The molecule has 0 saturated carbocycles. The van der Waals surface area contributed by atoms with Crippen molar-refractivity contribution < 1.29 is 4.39 Å². The molecule has 8 heteroatoms. The second kappa shape index (κ2) is 9.46. The second-order valence-electron chi connectivity index (χ2n) is 10.0. The maximum Gasteiger partial charge on any atom is 0.181 e. The number of pyridine rings is 3. The maximum atomic E-state index is 13.9. The van der Waals surface area contributed by atoms with Gasteiger partial charge in [0.2, 0.25) is 0 Å². The molecule has 38 heavy (non-hydrogen) atoms. The third-order valence-electron chi connectivity index (χ3n) is 7.47. The number of aromatic nitrogens is 6. The fourth-order valence-corrected chi connectivity index (χ4v) is 5.51. The second-order valence-corrected chi connectivity index (χ2v) is 10.0. The molecular weight excluding hydrogens is 477 g/mol. The molecule has 3 N–H and O–H groups in total. The van der Waals surface area contributed by atoms with Crippen LogP contribution in [0.4, 0.5) is 4.39 Å². The molecule has 6 heterocycles. The van der Waals surface area contributed by atoms with Crippen LogP contribution in [0, 0.1) is 11.7 Å². The molecular formula is C30H26FN7. The molecule has 7 rings (SSSR count). The van der Waals surface area contributed by atoms with Gasteiger partial charge in [0, 0.05) is 52.3 Å². The number of nitrogens with zero attached hydrogens (tertiary/aromatic N) is 4. The van der Waals surface area contributed by atoms with Gasteiger partial charge in [0.15, 0.2) is 5.65 Å². The summed E-state index contributed by atoms with van der Waals surface area (Å²) < 4.78 is 13.9. The summed E-state index contributed by atoms with van der Waals surface area (Å²) in [6, 6.07) is 13.0. The Morgan fingerprint density at radius 2 is 1.71 bits per heavy atom. The summed E-state index contributed by atoms with van der Waals surface area (Å²) in [5.74, 6) is 0.422. The maximum absolute atomic E-state index is 13.9. The lowest BCUT2D eigenvalue weighted by molar-refractivity contribution is 0.372. The van der Waals surface area contributed by atoms with E-state index < -0.39 is 0 Å². The first-order valence-electron chi connectivity index (χ1n) is 12.9. The molecule has 0 unspecified atom stereocenters. The summed E-state index contributed by atoms with van der Waals surface area (Å²) in [5, 5.41) is 12.9. The van der Waals surface area contributed by atoms with E-state index in [2.05, 4.69) is 53.6 Å². The Balaban J connectivity index is 1.26. The minimum absolute atomic E-state index is 0.275. The number of halogens is 1. The topological polar surface area (TPSA) is 95.2 Å². The van der Waals surface area contributed by atoms with E-state index in [9.17, 15) is 4.39 Å². The molecule has 1 fully saturated rings. The fourth-order valence-electron chi connectivity index (χ4n) is 5.51. The predicted molar refractivity (Wildman–Crippen MR) is 147 cm³/mol. The number of benzene rings is 1. The Kier molecular flexibility index (Phi) is 5.66. The Labute approximate surface area is 218 Å². The van der Waals surface area contributed by atoms with Crippen molar-refractivity contribution in [2.24, 2.45) is 5.92 Å². The molecule has 188 valence electrons. The van der Waals surface area contributed by atoms with Gasteiger partial charge in [0.05, 0.1) is 23.1 Å². The first-order chi connectivity index (χ1) is 18.7. The van der Waals surface area contributed by atoms with Gasteiger partial charge in [-0.05, 0) is 79.7 Å². The van der Waals surface area contributed by atoms with E-state index in [0.717, 1.165) is 69.4 Å². The van der Waals surface area contributed by atoms with Crippen LogP contribution in [0.1, 0.15) is 18.4 Å². The zero-order valence-electron chi connectivity index (χ0n) is 20.7. The number of piperidine rings is 1. The minimum Gasteiger partial charge on any atom is -0.352 e. The van der Waals surface area contributed by atoms with Gasteiger partial charge in [0.25, 0.3) is 0 Å². The van der Waals surface area contributed by atoms with Crippen LogP contribution in [-0.2, 0) is 6.42 Å². The van der Waals surface area contributed by atoms with Crippen LogP contribution in [0.25, 0.3) is 55.6 Å². The molecule has 1 aliphatic rings. The molecule has 0 amide bonds. The number of aromatic amines is 2. The van der Waals surface area contributed by atoms with Crippen molar-refractivity contribution in [2.45, 2.75) is 19.3 Å². The molecule has 0 radical (unpaired) electrons. The molecule has 0 spiro atoms. The van der Waals surface area contributed by atoms with Gasteiger partial charge in [0.1, 0.15) is 5.82 Å². The Morgan fingerprint density at radius 1 is 0.842 bits per heavy atom. The van der Waals surface area contributed by atoms with Crippen molar-refractivity contribution in [2.75, 3.05) is 13.1 Å². The van der Waals surface area contributed by atoms with Crippen molar-refractivity contribution in [3.8, 4) is 33.6 Å². The van der Waals surface area contributed by atoms with E-state index in [0.29, 0.717) is 11.6 Å². The van der Waals surface area contributed by atoms with Crippen LogP contribution in [0.3, 0.4) is 0 Å². The molecule has 0 atom stereocenters. The van der Waals surface area contributed by atoms with Crippen LogP contribution >= 0.6 is 0 Å². The molecule has 0 aliphatic carbocycles. The fraction of sp³-hybridized carbons (Fsp3) is 0.200. The average Bonchev–Trinajstić information content (AvgIpc) is 3.57. The minimum atomic E-state index is -0.275. The van der Waals surface area contributed by atoms with E-state index in [1.54, 1.807) is 18.5 Å². The highest BCUT2D eigenvalue weighted by molar-refractivity contribution is 6.00. The van der Waals surface area contributed by atoms with E-state index in [1.165, 1.54) is 30.5 Å². The average molecular weight is 504 g/mol. The largest absolute Gasteiger partial charge is 0.352 e. The van der Waals surface area contributed by atoms with Crippen LogP contribution in [-0.4, -0.2) is 43.2 Å². The third-order valence-corrected chi connectivity index (χ3v) is 7.47. The number of hydrogen-bond donors (Lipinski definition) is 3. The number of nitrogens with one attached hydrogen (secondary N) is 3. The smallest absolute Gasteiger partial charge is 0.181 e. The van der Waals surface area contributed by atoms with Crippen molar-refractivity contribution in [3.05, 3.63) is 84.8 Å². The van der Waals surface area contributed by atoms with Crippen molar-refractivity contribution in [1.29, 1.82) is 0 Å². The molecule has 0 bridgehead atoms. The molecule has 1 saturated heterocycles. The van der Waals surface area contributed by atoms with Crippen molar-refractivity contribution in [3.63, 3.8) is 0 Å². The third kappa shape index (κ3) is 4.22. The predicted octanol–water partition coefficient (Wildman–Crippen LogP) is 5.91. The lowest BCUT2D eigenvalue weighted by atomic mass is 9.91. The Bertz CT molecular complexity index is 1760. The van der Waals surface area contributed by atoms with Crippen LogP contribution in [0.5, 0.6) is 0 Å². The first-order valence-corrected chi connectivity index (χ1v) is 12.9. The quantitative estimate of drug-likeness (QED) is 0.272. The standard InChI is InChI=1S/C30H26FN7/c31-23-3-1-2-20(10-23)26-16-34-17-28-24(26)12-27(36-28)29-25-11-22(15-35-30(25)38-37-29)21-9-19(13-33-14-21)8-18-4-6-32-7-5-18/h1-3,9-18,32,36H,4-8H2,(H,35,37,38). The Morgan fingerprint density at radius 3 is 2.61 bits per heavy atom. The summed E-state index contributed by atoms with van der Waals surface area (Å²) in [5.41, 5.74) is 8.17. The zero-order chi connectivity index (χ0) is 25.5. The highest BCUT2D eigenvalue weighted by Gasteiger charge is 2.17. The van der Waals surface area contributed by atoms with Crippen LogP contribution in [0.15, 0.2) is 73.4 Å². The van der Waals surface area contributed by atoms with Gasteiger partial charge in [-0.3, -0.25) is 15.1 Å². The van der Waals surface area contributed by atoms with Crippen LogP contribution < -0.4 is 5.32 Å². The Hall–Kier alpha value is -4.43. The summed E-state index contributed by atoms with van der Waals surface area (Å²) in [6.07, 6.45) is 12.7. The summed E-state index contributed by atoms with van der Waals surface area (Å²) in [6.45, 7) is 2.18. The first kappa shape index (κ1) is 22.7. The highest BCUT2D eigenvalue weighted by atomic mass is 19.1.